The third-order valence-corrected chi connectivity index (χ3v) is 6.48. The van der Waals surface area contributed by atoms with Crippen LogP contribution in [0, 0.1) is 5.41 Å². The van der Waals surface area contributed by atoms with Crippen molar-refractivity contribution in [1.29, 1.82) is 0 Å². The number of nitrogens with zero attached hydrogens (tertiary/aromatic N) is 4. The molecule has 1 aromatic rings. The highest BCUT2D eigenvalue weighted by Gasteiger charge is 2.50. The zero-order valence-electron chi connectivity index (χ0n) is 16.3. The molecule has 3 aliphatic heterocycles. The van der Waals surface area contributed by atoms with E-state index in [9.17, 15) is 9.59 Å². The lowest BCUT2D eigenvalue weighted by Gasteiger charge is -2.40. The Balaban J connectivity index is 1.47. The van der Waals surface area contributed by atoms with E-state index in [4.69, 9.17) is 9.84 Å². The number of carbonyl (C=O) groups is 2. The van der Waals surface area contributed by atoms with Gasteiger partial charge in [0.15, 0.2) is 0 Å². The number of anilines is 2. The molecule has 4 rings (SSSR count). The standard InChI is InChI=1S/C20H28N4O4/c1-22(19(26)27)16-3-4-17(21-13-16)23-9-2-7-20(14-23)8-10-24(18(20)25)15-5-11-28-12-6-15/h3-4,13,15H,2,5-12,14H2,1H3,(H,26,27)/t20-/m0/s1. The fourth-order valence-corrected chi connectivity index (χ4v) is 4.77. The Morgan fingerprint density at radius 1 is 1.29 bits per heavy atom. The maximum Gasteiger partial charge on any atom is 0.411 e. The van der Waals surface area contributed by atoms with Crippen LogP contribution in [-0.2, 0) is 9.53 Å². The summed E-state index contributed by atoms with van der Waals surface area (Å²) in [7, 11) is 1.50. The van der Waals surface area contributed by atoms with E-state index in [2.05, 4.69) is 14.8 Å². The number of pyridine rings is 1. The molecule has 4 heterocycles. The highest BCUT2D eigenvalue weighted by Crippen LogP contribution is 2.42. The van der Waals surface area contributed by atoms with E-state index >= 15 is 0 Å². The molecule has 1 atom stereocenters. The van der Waals surface area contributed by atoms with Crippen molar-refractivity contribution in [1.82, 2.24) is 9.88 Å². The maximum absolute atomic E-state index is 13.3. The van der Waals surface area contributed by atoms with Crippen molar-refractivity contribution in [2.24, 2.45) is 5.41 Å². The first-order chi connectivity index (χ1) is 13.5. The zero-order valence-corrected chi connectivity index (χ0v) is 16.3. The van der Waals surface area contributed by atoms with Gasteiger partial charge in [0.05, 0.1) is 17.3 Å². The van der Waals surface area contributed by atoms with Gasteiger partial charge in [0.1, 0.15) is 5.82 Å². The first-order valence-electron chi connectivity index (χ1n) is 10.1. The van der Waals surface area contributed by atoms with Crippen LogP contribution >= 0.6 is 0 Å². The first-order valence-corrected chi connectivity index (χ1v) is 10.1. The van der Waals surface area contributed by atoms with Crippen molar-refractivity contribution < 1.29 is 19.4 Å². The minimum Gasteiger partial charge on any atom is -0.465 e. The molecule has 3 saturated heterocycles. The summed E-state index contributed by atoms with van der Waals surface area (Å²) in [6, 6.07) is 3.94. The number of piperidine rings is 1. The number of rotatable bonds is 3. The minimum absolute atomic E-state index is 0.298. The summed E-state index contributed by atoms with van der Waals surface area (Å²) in [5.74, 6) is 1.10. The van der Waals surface area contributed by atoms with Crippen molar-refractivity contribution in [3.8, 4) is 0 Å². The SMILES string of the molecule is CN(C(=O)O)c1ccc(N2CCC[C@]3(CCN(C4CCOCC4)C3=O)C2)nc1. The maximum atomic E-state index is 13.3. The third kappa shape index (κ3) is 3.41. The van der Waals surface area contributed by atoms with Crippen molar-refractivity contribution in [3.05, 3.63) is 18.3 Å². The van der Waals surface area contributed by atoms with E-state index in [0.29, 0.717) is 24.2 Å². The third-order valence-electron chi connectivity index (χ3n) is 6.48. The Labute approximate surface area is 165 Å². The molecule has 0 aromatic carbocycles. The Morgan fingerprint density at radius 3 is 2.75 bits per heavy atom. The summed E-state index contributed by atoms with van der Waals surface area (Å²) in [4.78, 5) is 34.3. The molecule has 0 unspecified atom stereocenters. The fraction of sp³-hybridized carbons (Fsp3) is 0.650. The number of likely N-dealkylation sites (tertiary alicyclic amines) is 1. The van der Waals surface area contributed by atoms with Gasteiger partial charge in [0.2, 0.25) is 5.91 Å². The van der Waals surface area contributed by atoms with Crippen LogP contribution < -0.4 is 9.80 Å². The van der Waals surface area contributed by atoms with Gasteiger partial charge in [-0.2, -0.15) is 0 Å². The van der Waals surface area contributed by atoms with Crippen LogP contribution in [0.25, 0.3) is 0 Å². The second-order valence-corrected chi connectivity index (χ2v) is 8.11. The van der Waals surface area contributed by atoms with Crippen LogP contribution in [0.5, 0.6) is 0 Å². The van der Waals surface area contributed by atoms with E-state index in [1.165, 1.54) is 7.05 Å². The molecule has 3 aliphatic rings. The lowest BCUT2D eigenvalue weighted by atomic mass is 9.78. The fourth-order valence-electron chi connectivity index (χ4n) is 4.77. The molecule has 0 saturated carbocycles. The smallest absolute Gasteiger partial charge is 0.411 e. The topological polar surface area (TPSA) is 86.2 Å². The summed E-state index contributed by atoms with van der Waals surface area (Å²) in [5.41, 5.74) is 0.222. The second-order valence-electron chi connectivity index (χ2n) is 8.11. The molecule has 8 heteroatoms. The number of aromatic nitrogens is 1. The molecule has 3 fully saturated rings. The summed E-state index contributed by atoms with van der Waals surface area (Å²) in [5, 5.41) is 9.09. The summed E-state index contributed by atoms with van der Waals surface area (Å²) >= 11 is 0. The van der Waals surface area contributed by atoms with Crippen LogP contribution in [0.4, 0.5) is 16.3 Å². The average molecular weight is 388 g/mol. The van der Waals surface area contributed by atoms with Crippen molar-refractivity contribution >= 4 is 23.5 Å². The second kappa shape index (κ2) is 7.58. The van der Waals surface area contributed by atoms with Crippen molar-refractivity contribution in [2.75, 3.05) is 49.7 Å². The number of amides is 2. The number of carboxylic acid groups (broad SMARTS) is 1. The molecular weight excluding hydrogens is 360 g/mol. The molecule has 0 radical (unpaired) electrons. The molecule has 1 N–H and O–H groups in total. The predicted molar refractivity (Wildman–Crippen MR) is 105 cm³/mol. The van der Waals surface area contributed by atoms with E-state index in [-0.39, 0.29) is 5.41 Å². The van der Waals surface area contributed by atoms with Gasteiger partial charge in [-0.15, -0.1) is 0 Å². The molecule has 2 amide bonds. The average Bonchev–Trinajstić information content (AvgIpc) is 3.03. The van der Waals surface area contributed by atoms with Gasteiger partial charge < -0.3 is 19.6 Å². The van der Waals surface area contributed by atoms with Gasteiger partial charge >= 0.3 is 6.09 Å². The number of hydrogen-bond acceptors (Lipinski definition) is 5. The molecule has 0 bridgehead atoms. The molecule has 0 aliphatic carbocycles. The van der Waals surface area contributed by atoms with Crippen LogP contribution in [-0.4, -0.2) is 72.9 Å². The van der Waals surface area contributed by atoms with Crippen LogP contribution in [0.2, 0.25) is 0 Å². The molecule has 1 spiro atoms. The Morgan fingerprint density at radius 2 is 2.07 bits per heavy atom. The van der Waals surface area contributed by atoms with Gasteiger partial charge in [-0.1, -0.05) is 0 Å². The first kappa shape index (κ1) is 19.0. The molecule has 28 heavy (non-hydrogen) atoms. The predicted octanol–water partition coefficient (Wildman–Crippen LogP) is 2.19. The lowest BCUT2D eigenvalue weighted by Crippen LogP contribution is -2.50. The van der Waals surface area contributed by atoms with Crippen LogP contribution in [0.3, 0.4) is 0 Å². The van der Waals surface area contributed by atoms with Gasteiger partial charge in [-0.05, 0) is 44.2 Å². The molecule has 152 valence electrons. The molecular formula is C20H28N4O4. The largest absolute Gasteiger partial charge is 0.465 e. The lowest BCUT2D eigenvalue weighted by molar-refractivity contribution is -0.139. The van der Waals surface area contributed by atoms with E-state index < -0.39 is 6.09 Å². The van der Waals surface area contributed by atoms with E-state index in [0.717, 1.165) is 69.1 Å². The van der Waals surface area contributed by atoms with Gasteiger partial charge in [-0.3, -0.25) is 9.69 Å². The number of ether oxygens (including phenoxy) is 1. The quantitative estimate of drug-likeness (QED) is 0.854. The normalized spacial score (nSPS) is 26.1. The van der Waals surface area contributed by atoms with Gasteiger partial charge in [0, 0.05) is 45.9 Å². The minimum atomic E-state index is -1.02. The zero-order chi connectivity index (χ0) is 19.7. The molecule has 8 nitrogen and oxygen atoms in total. The monoisotopic (exact) mass is 388 g/mol. The summed E-state index contributed by atoms with van der Waals surface area (Å²) < 4.78 is 5.45. The van der Waals surface area contributed by atoms with Crippen molar-refractivity contribution in [2.45, 2.75) is 38.1 Å². The highest BCUT2D eigenvalue weighted by molar-refractivity contribution is 5.86. The summed E-state index contributed by atoms with van der Waals surface area (Å²) in [6.45, 7) is 3.89. The van der Waals surface area contributed by atoms with Crippen molar-refractivity contribution in [3.63, 3.8) is 0 Å². The van der Waals surface area contributed by atoms with E-state index in [1.807, 2.05) is 6.07 Å². The van der Waals surface area contributed by atoms with Gasteiger partial charge in [-0.25, -0.2) is 9.78 Å². The number of carbonyl (C=O) groups excluding carboxylic acids is 1. The Bertz CT molecular complexity index is 734. The van der Waals surface area contributed by atoms with Gasteiger partial charge in [0.25, 0.3) is 0 Å². The van der Waals surface area contributed by atoms with Crippen LogP contribution in [0.1, 0.15) is 32.1 Å². The number of hydrogen-bond donors (Lipinski definition) is 1. The highest BCUT2D eigenvalue weighted by atomic mass is 16.5. The van der Waals surface area contributed by atoms with Crippen LogP contribution in [0.15, 0.2) is 18.3 Å². The van der Waals surface area contributed by atoms with E-state index in [1.54, 1.807) is 12.3 Å². The Kier molecular flexibility index (Phi) is 5.14. The Hall–Kier alpha value is -2.35. The summed E-state index contributed by atoms with van der Waals surface area (Å²) in [6.07, 6.45) is 5.23. The molecule has 1 aromatic heterocycles.